The molecule has 2 fully saturated rings. The lowest BCUT2D eigenvalue weighted by Gasteiger charge is -2.50. The Bertz CT molecular complexity index is 716. The number of unbranched alkanes of at least 4 members (excludes halogenated alkanes) is 15. The topological polar surface area (TPSA) is 103 Å². The van der Waals surface area contributed by atoms with Crippen molar-refractivity contribution in [3.8, 4) is 0 Å². The number of ketones is 1. The number of ether oxygens (including phenoxy) is 4. The van der Waals surface area contributed by atoms with E-state index in [0.29, 0.717) is 13.0 Å². The molecular formula is C33H61NO7. The van der Waals surface area contributed by atoms with Gasteiger partial charge < -0.3 is 29.4 Å². The van der Waals surface area contributed by atoms with Gasteiger partial charge in [-0.05, 0) is 26.7 Å². The number of hydrogen-bond donors (Lipinski definition) is 2. The van der Waals surface area contributed by atoms with Crippen molar-refractivity contribution in [1.82, 2.24) is 5.32 Å². The maximum absolute atomic E-state index is 12.9. The van der Waals surface area contributed by atoms with Crippen molar-refractivity contribution in [3.05, 3.63) is 0 Å². The molecule has 0 aromatic rings. The van der Waals surface area contributed by atoms with Crippen LogP contribution in [0.25, 0.3) is 0 Å². The van der Waals surface area contributed by atoms with Gasteiger partial charge in [-0.2, -0.15) is 0 Å². The minimum Gasteiger partial charge on any atom is -0.373 e. The van der Waals surface area contributed by atoms with Crippen LogP contribution < -0.4 is 5.32 Å². The van der Waals surface area contributed by atoms with Gasteiger partial charge in [-0.3, -0.25) is 9.59 Å². The summed E-state index contributed by atoms with van der Waals surface area (Å²) in [7, 11) is 0. The molecule has 2 aliphatic rings. The predicted octanol–water partition coefficient (Wildman–Crippen LogP) is 6.75. The number of carbonyl (C=O) groups is 2. The Balaban J connectivity index is 1.79. The van der Waals surface area contributed by atoms with Crippen LogP contribution in [0.3, 0.4) is 0 Å². The van der Waals surface area contributed by atoms with E-state index in [1.54, 1.807) is 0 Å². The molecule has 2 aliphatic heterocycles. The molecule has 1 amide bonds. The summed E-state index contributed by atoms with van der Waals surface area (Å²) in [6.07, 6.45) is 17.5. The summed E-state index contributed by atoms with van der Waals surface area (Å²) in [4.78, 5) is 25.4. The highest BCUT2D eigenvalue weighted by molar-refractivity contribution is 5.98. The van der Waals surface area contributed by atoms with Crippen molar-refractivity contribution >= 4 is 11.7 Å². The van der Waals surface area contributed by atoms with E-state index in [-0.39, 0.29) is 18.8 Å². The van der Waals surface area contributed by atoms with Gasteiger partial charge in [0, 0.05) is 13.0 Å². The zero-order chi connectivity index (χ0) is 29.9. The second kappa shape index (κ2) is 20.8. The van der Waals surface area contributed by atoms with Gasteiger partial charge in [0.15, 0.2) is 12.1 Å². The molecule has 2 N–H and O–H groups in total. The van der Waals surface area contributed by atoms with E-state index in [1.807, 2.05) is 13.8 Å². The highest BCUT2D eigenvalue weighted by Gasteiger charge is 2.52. The zero-order valence-corrected chi connectivity index (χ0v) is 26.6. The summed E-state index contributed by atoms with van der Waals surface area (Å²) in [5, 5.41) is 13.7. The number of amides is 1. The van der Waals surface area contributed by atoms with E-state index >= 15 is 0 Å². The van der Waals surface area contributed by atoms with Crippen LogP contribution in [0, 0.1) is 0 Å². The van der Waals surface area contributed by atoms with Crippen LogP contribution in [0.4, 0.5) is 0 Å². The van der Waals surface area contributed by atoms with Gasteiger partial charge in [0.1, 0.15) is 30.1 Å². The quantitative estimate of drug-likeness (QED) is 0.101. The Kier molecular flexibility index (Phi) is 18.3. The van der Waals surface area contributed by atoms with Crippen LogP contribution in [0.5, 0.6) is 0 Å². The van der Waals surface area contributed by atoms with Crippen molar-refractivity contribution in [1.29, 1.82) is 0 Å². The number of fused-ring (bicyclic) bond motifs is 1. The average Bonchev–Trinajstić information content (AvgIpc) is 2.92. The summed E-state index contributed by atoms with van der Waals surface area (Å²) in [5.41, 5.74) is 0. The van der Waals surface area contributed by atoms with E-state index in [2.05, 4.69) is 19.2 Å². The first-order valence-corrected chi connectivity index (χ1v) is 16.8. The lowest BCUT2D eigenvalue weighted by atomic mass is 9.94. The molecule has 0 saturated carbocycles. The molecule has 2 heterocycles. The molecule has 0 bridgehead atoms. The Hall–Kier alpha value is -1.06. The molecule has 8 heteroatoms. The predicted molar refractivity (Wildman–Crippen MR) is 162 cm³/mol. The molecule has 0 radical (unpaired) electrons. The van der Waals surface area contributed by atoms with E-state index in [9.17, 15) is 14.7 Å². The van der Waals surface area contributed by atoms with Crippen LogP contribution in [0.2, 0.25) is 0 Å². The summed E-state index contributed by atoms with van der Waals surface area (Å²) in [6, 6.07) is -0.827. The normalized spacial score (nSPS) is 25.5. The molecule has 0 aliphatic carbocycles. The van der Waals surface area contributed by atoms with E-state index < -0.39 is 42.3 Å². The minimum atomic E-state index is -1.27. The summed E-state index contributed by atoms with van der Waals surface area (Å²) in [6.45, 7) is 8.90. The maximum atomic E-state index is 12.9. The molecule has 8 nitrogen and oxygen atoms in total. The molecule has 0 unspecified atom stereocenters. The zero-order valence-electron chi connectivity index (χ0n) is 26.6. The molecule has 0 aromatic carbocycles. The van der Waals surface area contributed by atoms with E-state index in [0.717, 1.165) is 32.1 Å². The van der Waals surface area contributed by atoms with Crippen molar-refractivity contribution in [2.45, 2.75) is 186 Å². The number of nitrogens with one attached hydrogen (secondary N) is 1. The average molecular weight is 584 g/mol. The fourth-order valence-electron chi connectivity index (χ4n) is 5.79. The fraction of sp³-hybridized carbons (Fsp3) is 0.939. The van der Waals surface area contributed by atoms with Gasteiger partial charge in [0.2, 0.25) is 5.91 Å². The third kappa shape index (κ3) is 14.8. The highest BCUT2D eigenvalue weighted by atomic mass is 16.7. The minimum absolute atomic E-state index is 0.0746. The SMILES string of the molecule is CCCCCCCCCCCC(=O)CC(=O)N[C@@H]1[C@@H](OCCCCCCCCCC)[C@@H]2OC(C)(C)OC[C@H]2O[C@H]1O. The monoisotopic (exact) mass is 583 g/mol. The third-order valence-electron chi connectivity index (χ3n) is 8.23. The molecule has 2 saturated heterocycles. The number of aliphatic hydroxyl groups excluding tert-OH is 1. The molecule has 240 valence electrons. The number of Topliss-reactive ketones (excluding diaryl/α,β-unsaturated/α-hetero) is 1. The van der Waals surface area contributed by atoms with Crippen molar-refractivity contribution in [2.24, 2.45) is 0 Å². The lowest BCUT2D eigenvalue weighted by molar-refractivity contribution is -0.368. The van der Waals surface area contributed by atoms with Gasteiger partial charge in [-0.15, -0.1) is 0 Å². The van der Waals surface area contributed by atoms with Crippen LogP contribution in [0.15, 0.2) is 0 Å². The molecular weight excluding hydrogens is 522 g/mol. The first-order chi connectivity index (χ1) is 19.8. The second-order valence-electron chi connectivity index (χ2n) is 12.6. The number of rotatable bonds is 23. The van der Waals surface area contributed by atoms with Crippen LogP contribution >= 0.6 is 0 Å². The first-order valence-electron chi connectivity index (χ1n) is 16.8. The second-order valence-corrected chi connectivity index (χ2v) is 12.6. The van der Waals surface area contributed by atoms with E-state index in [1.165, 1.54) is 77.0 Å². The number of hydrogen-bond acceptors (Lipinski definition) is 7. The first kappa shape index (κ1) is 36.1. The molecule has 41 heavy (non-hydrogen) atoms. The molecule has 0 aromatic heterocycles. The van der Waals surface area contributed by atoms with Gasteiger partial charge in [0.25, 0.3) is 0 Å². The third-order valence-corrected chi connectivity index (χ3v) is 8.23. The Morgan fingerprint density at radius 1 is 0.829 bits per heavy atom. The summed E-state index contributed by atoms with van der Waals surface area (Å²) < 4.78 is 24.0. The van der Waals surface area contributed by atoms with Gasteiger partial charge in [-0.25, -0.2) is 0 Å². The van der Waals surface area contributed by atoms with Gasteiger partial charge in [-0.1, -0.05) is 110 Å². The standard InChI is InChI=1S/C33H61NO7/c1-5-7-9-11-13-15-16-18-20-22-26(35)24-28(36)34-29-31(38-23-21-19-17-14-12-10-8-6-2)30-27(40-32(29)37)25-39-33(3,4)41-30/h27,29-32,37H,5-25H2,1-4H3,(H,34,36)/t27-,29-,30-,31-,32-/m1/s1. The van der Waals surface area contributed by atoms with Crippen molar-refractivity contribution in [3.63, 3.8) is 0 Å². The Morgan fingerprint density at radius 3 is 1.95 bits per heavy atom. The largest absolute Gasteiger partial charge is 0.373 e. The summed E-state index contributed by atoms with van der Waals surface area (Å²) in [5.74, 6) is -1.31. The summed E-state index contributed by atoms with van der Waals surface area (Å²) >= 11 is 0. The van der Waals surface area contributed by atoms with Crippen LogP contribution in [-0.4, -0.2) is 66.4 Å². The lowest BCUT2D eigenvalue weighted by Crippen LogP contribution is -2.68. The van der Waals surface area contributed by atoms with Crippen molar-refractivity contribution in [2.75, 3.05) is 13.2 Å². The number of carbonyl (C=O) groups excluding carboxylic acids is 2. The van der Waals surface area contributed by atoms with E-state index in [4.69, 9.17) is 18.9 Å². The molecule has 0 spiro atoms. The number of aliphatic hydroxyl groups is 1. The Labute approximate surface area is 250 Å². The molecule has 2 rings (SSSR count). The molecule has 5 atom stereocenters. The van der Waals surface area contributed by atoms with Gasteiger partial charge in [0.05, 0.1) is 13.0 Å². The van der Waals surface area contributed by atoms with Crippen LogP contribution in [-0.2, 0) is 28.5 Å². The Morgan fingerprint density at radius 2 is 1.37 bits per heavy atom. The van der Waals surface area contributed by atoms with Crippen LogP contribution in [0.1, 0.15) is 150 Å². The highest BCUT2D eigenvalue weighted by Crippen LogP contribution is 2.33. The fourth-order valence-corrected chi connectivity index (χ4v) is 5.79. The maximum Gasteiger partial charge on any atom is 0.227 e. The van der Waals surface area contributed by atoms with Crippen molar-refractivity contribution < 1.29 is 33.6 Å². The smallest absolute Gasteiger partial charge is 0.227 e. The van der Waals surface area contributed by atoms with Gasteiger partial charge >= 0.3 is 0 Å².